The monoisotopic (exact) mass is 178 g/mol. The van der Waals surface area contributed by atoms with Crippen LogP contribution in [0.1, 0.15) is 32.1 Å². The molecule has 3 aliphatic heterocycles. The second kappa shape index (κ2) is 2.63. The van der Waals surface area contributed by atoms with Gasteiger partial charge in [-0.3, -0.25) is 4.79 Å². The zero-order valence-corrected chi connectivity index (χ0v) is 7.65. The summed E-state index contributed by atoms with van der Waals surface area (Å²) < 4.78 is 0. The van der Waals surface area contributed by atoms with E-state index in [1.54, 1.807) is 0 Å². The molecule has 0 aromatic rings. The van der Waals surface area contributed by atoms with Gasteiger partial charge in [0.25, 0.3) is 0 Å². The first-order valence-corrected chi connectivity index (χ1v) is 5.27. The Morgan fingerprint density at radius 3 is 2.46 bits per heavy atom. The van der Waals surface area contributed by atoms with Gasteiger partial charge in [0, 0.05) is 12.3 Å². The molecule has 0 aromatic heterocycles. The Kier molecular flexibility index (Phi) is 1.55. The van der Waals surface area contributed by atoms with Crippen molar-refractivity contribution in [1.29, 1.82) is 0 Å². The van der Waals surface area contributed by atoms with Gasteiger partial charge in [-0.1, -0.05) is 0 Å². The van der Waals surface area contributed by atoms with Gasteiger partial charge in [-0.05, 0) is 31.6 Å². The molecule has 3 nitrogen and oxygen atoms in total. The summed E-state index contributed by atoms with van der Waals surface area (Å²) in [5, 5.41) is 8.63. The van der Waals surface area contributed by atoms with Crippen LogP contribution in [0, 0.1) is 11.8 Å². The molecular formula is C10H14N2O. The molecule has 0 N–H and O–H groups in total. The Balaban J connectivity index is 2.02. The molecule has 3 heterocycles. The minimum absolute atomic E-state index is 0.223. The number of Topliss-reactive ketones (excluding diaryl/α,β-unsaturated/α-hetero) is 1. The quantitative estimate of drug-likeness (QED) is 0.559. The molecule has 6 rings (SSSR count). The molecule has 4 atom stereocenters. The summed E-state index contributed by atoms with van der Waals surface area (Å²) in [6.45, 7) is 0. The van der Waals surface area contributed by atoms with Crippen LogP contribution in [-0.4, -0.2) is 17.9 Å². The summed E-state index contributed by atoms with van der Waals surface area (Å²) in [5.74, 6) is 1.21. The highest BCUT2D eigenvalue weighted by Crippen LogP contribution is 2.41. The van der Waals surface area contributed by atoms with Crippen LogP contribution in [0.5, 0.6) is 0 Å². The molecular weight excluding hydrogens is 164 g/mol. The predicted molar refractivity (Wildman–Crippen MR) is 47.5 cm³/mol. The smallest absolute Gasteiger partial charge is 0.138 e. The third kappa shape index (κ3) is 1.06. The molecule has 3 heteroatoms. The molecule has 3 saturated carbocycles. The number of hydrogen-bond donors (Lipinski definition) is 0. The predicted octanol–water partition coefficient (Wildman–Crippen LogP) is 1.97. The van der Waals surface area contributed by atoms with Crippen LogP contribution in [0.4, 0.5) is 0 Å². The zero-order valence-electron chi connectivity index (χ0n) is 7.65. The van der Waals surface area contributed by atoms with Crippen LogP contribution in [0.25, 0.3) is 0 Å². The van der Waals surface area contributed by atoms with Crippen molar-refractivity contribution in [2.45, 2.75) is 44.2 Å². The van der Waals surface area contributed by atoms with Crippen molar-refractivity contribution >= 4 is 5.78 Å². The molecule has 0 amide bonds. The van der Waals surface area contributed by atoms with E-state index < -0.39 is 0 Å². The highest BCUT2D eigenvalue weighted by molar-refractivity contribution is 5.83. The molecule has 0 spiro atoms. The SMILES string of the molecule is O=C1C[C@@H]2CC[C@H]1[C@@H]1CC[C@H]2N=N1. The molecule has 0 saturated heterocycles. The lowest BCUT2D eigenvalue weighted by Gasteiger charge is -2.39. The van der Waals surface area contributed by atoms with Crippen molar-refractivity contribution in [1.82, 2.24) is 0 Å². The molecule has 70 valence electrons. The van der Waals surface area contributed by atoms with E-state index in [0.717, 1.165) is 19.3 Å². The van der Waals surface area contributed by atoms with Crippen molar-refractivity contribution in [2.75, 3.05) is 0 Å². The molecule has 13 heavy (non-hydrogen) atoms. The number of ketones is 1. The van der Waals surface area contributed by atoms with Crippen LogP contribution in [0.15, 0.2) is 10.2 Å². The largest absolute Gasteiger partial charge is 0.299 e. The Hall–Kier alpha value is -0.730. The fourth-order valence-electron chi connectivity index (χ4n) is 3.04. The van der Waals surface area contributed by atoms with Crippen molar-refractivity contribution in [3.05, 3.63) is 0 Å². The van der Waals surface area contributed by atoms with E-state index in [9.17, 15) is 4.79 Å². The second-order valence-electron chi connectivity index (χ2n) is 4.56. The summed E-state index contributed by atoms with van der Waals surface area (Å²) in [5.41, 5.74) is 0. The highest BCUT2D eigenvalue weighted by Gasteiger charge is 2.42. The van der Waals surface area contributed by atoms with E-state index in [-0.39, 0.29) is 12.0 Å². The molecule has 3 aliphatic carbocycles. The molecule has 0 radical (unpaired) electrons. The standard InChI is InChI=1S/C10H14N2O/c13-10-5-6-1-2-7(10)9-4-3-8(6)11-12-9/h6-9H,1-5H2/t6-,7-,8+,9-/m0/s1. The lowest BCUT2D eigenvalue weighted by atomic mass is 9.69. The Labute approximate surface area is 77.6 Å². The fraction of sp³-hybridized carbons (Fsp3) is 0.900. The Morgan fingerprint density at radius 2 is 1.77 bits per heavy atom. The average molecular weight is 178 g/mol. The Morgan fingerprint density at radius 1 is 1.00 bits per heavy atom. The maximum atomic E-state index is 11.7. The number of carbonyl (C=O) groups excluding carboxylic acids is 1. The van der Waals surface area contributed by atoms with Gasteiger partial charge in [0.1, 0.15) is 5.78 Å². The van der Waals surface area contributed by atoms with Crippen LogP contribution in [0.2, 0.25) is 0 Å². The van der Waals surface area contributed by atoms with Crippen LogP contribution < -0.4 is 0 Å². The fourth-order valence-corrected chi connectivity index (χ4v) is 3.04. The van der Waals surface area contributed by atoms with E-state index in [4.69, 9.17) is 0 Å². The van der Waals surface area contributed by atoms with Gasteiger partial charge in [0.2, 0.25) is 0 Å². The topological polar surface area (TPSA) is 41.8 Å². The third-order valence-corrected chi connectivity index (χ3v) is 3.86. The lowest BCUT2D eigenvalue weighted by molar-refractivity contribution is -0.128. The number of hydrogen-bond acceptors (Lipinski definition) is 3. The van der Waals surface area contributed by atoms with Crippen molar-refractivity contribution < 1.29 is 4.79 Å². The van der Waals surface area contributed by atoms with E-state index in [2.05, 4.69) is 10.2 Å². The number of rotatable bonds is 0. The minimum atomic E-state index is 0.223. The van der Waals surface area contributed by atoms with Crippen molar-refractivity contribution in [3.63, 3.8) is 0 Å². The number of nitrogens with zero attached hydrogens (tertiary/aromatic N) is 2. The summed E-state index contributed by atoms with van der Waals surface area (Å²) in [4.78, 5) is 11.7. The second-order valence-corrected chi connectivity index (χ2v) is 4.56. The van der Waals surface area contributed by atoms with E-state index >= 15 is 0 Å². The van der Waals surface area contributed by atoms with E-state index in [0.29, 0.717) is 17.7 Å². The number of carbonyl (C=O) groups is 1. The molecule has 3 fully saturated rings. The van der Waals surface area contributed by atoms with Gasteiger partial charge < -0.3 is 0 Å². The first kappa shape index (κ1) is 7.65. The summed E-state index contributed by atoms with van der Waals surface area (Å²) in [7, 11) is 0. The van der Waals surface area contributed by atoms with Gasteiger partial charge in [0.15, 0.2) is 0 Å². The van der Waals surface area contributed by atoms with Crippen molar-refractivity contribution in [2.24, 2.45) is 22.1 Å². The summed E-state index contributed by atoms with van der Waals surface area (Å²) in [6.07, 6.45) is 5.33. The maximum absolute atomic E-state index is 11.7. The third-order valence-electron chi connectivity index (χ3n) is 3.86. The molecule has 0 aromatic carbocycles. The van der Waals surface area contributed by atoms with Crippen LogP contribution >= 0.6 is 0 Å². The molecule has 0 unspecified atom stereocenters. The van der Waals surface area contributed by atoms with Crippen molar-refractivity contribution in [3.8, 4) is 0 Å². The highest BCUT2D eigenvalue weighted by atomic mass is 16.1. The summed E-state index contributed by atoms with van der Waals surface area (Å²) in [6, 6.07) is 0.617. The summed E-state index contributed by atoms with van der Waals surface area (Å²) >= 11 is 0. The Bertz CT molecular complexity index is 274. The van der Waals surface area contributed by atoms with Gasteiger partial charge in [-0.2, -0.15) is 10.2 Å². The van der Waals surface area contributed by atoms with Gasteiger partial charge in [-0.15, -0.1) is 0 Å². The molecule has 6 aliphatic rings. The van der Waals surface area contributed by atoms with E-state index in [1.165, 1.54) is 12.8 Å². The van der Waals surface area contributed by atoms with Crippen LogP contribution in [-0.2, 0) is 4.79 Å². The average Bonchev–Trinajstić information content (AvgIpc) is 2.13. The zero-order chi connectivity index (χ0) is 8.84. The van der Waals surface area contributed by atoms with Crippen LogP contribution in [0.3, 0.4) is 0 Å². The normalized spacial score (nSPS) is 47.8. The number of azo groups is 1. The first-order chi connectivity index (χ1) is 6.34. The molecule has 4 bridgehead atoms. The van der Waals surface area contributed by atoms with Gasteiger partial charge >= 0.3 is 0 Å². The minimum Gasteiger partial charge on any atom is -0.299 e. The van der Waals surface area contributed by atoms with Gasteiger partial charge in [-0.25, -0.2) is 0 Å². The lowest BCUT2D eigenvalue weighted by Crippen LogP contribution is -2.42. The first-order valence-electron chi connectivity index (χ1n) is 5.27. The maximum Gasteiger partial charge on any atom is 0.138 e. The van der Waals surface area contributed by atoms with Gasteiger partial charge in [0.05, 0.1) is 12.1 Å². The van der Waals surface area contributed by atoms with E-state index in [1.807, 2.05) is 0 Å².